The predicted octanol–water partition coefficient (Wildman–Crippen LogP) is 11.5. The fourth-order valence-corrected chi connectivity index (χ4v) is 6.65. The lowest BCUT2D eigenvalue weighted by atomic mass is 9.87. The highest BCUT2D eigenvalue weighted by molar-refractivity contribution is 6.14. The lowest BCUT2D eigenvalue weighted by Crippen LogP contribution is -1.97. The Morgan fingerprint density at radius 1 is 0.357 bits per heavy atom. The van der Waals surface area contributed by atoms with Crippen molar-refractivity contribution < 1.29 is 9.15 Å². The average molecular weight is 537 g/mol. The van der Waals surface area contributed by atoms with E-state index in [9.17, 15) is 0 Å². The zero-order valence-electron chi connectivity index (χ0n) is 22.7. The van der Waals surface area contributed by atoms with E-state index in [2.05, 4.69) is 133 Å². The summed E-state index contributed by atoms with van der Waals surface area (Å²) in [4.78, 5) is 0. The summed E-state index contributed by atoms with van der Waals surface area (Å²) in [5.74, 6) is 1.81. The third kappa shape index (κ3) is 3.39. The Kier molecular flexibility index (Phi) is 4.93. The Balaban J connectivity index is 1.25. The first-order chi connectivity index (χ1) is 20.8. The van der Waals surface area contributed by atoms with Crippen LogP contribution in [0.4, 0.5) is 0 Å². The average Bonchev–Trinajstić information content (AvgIpc) is 3.44. The molecule has 0 spiro atoms. The quantitative estimate of drug-likeness (QED) is 0.224. The van der Waals surface area contributed by atoms with Crippen molar-refractivity contribution in [3.63, 3.8) is 0 Å². The van der Waals surface area contributed by atoms with Crippen molar-refractivity contribution >= 4 is 32.7 Å². The van der Waals surface area contributed by atoms with Gasteiger partial charge in [0.05, 0.1) is 0 Å². The summed E-state index contributed by atoms with van der Waals surface area (Å²) in [7, 11) is 0. The van der Waals surface area contributed by atoms with Crippen LogP contribution in [0.1, 0.15) is 0 Å². The van der Waals surface area contributed by atoms with E-state index in [-0.39, 0.29) is 0 Å². The SMILES string of the molecule is c1ccc(-c2ccccc2-c2cccc3oc4ccccc4c23)c(-c2ccc3c(c2)-c2cccc4cccc(c24)O3)c1. The predicted molar refractivity (Wildman–Crippen MR) is 173 cm³/mol. The van der Waals surface area contributed by atoms with E-state index in [0.29, 0.717) is 0 Å². The third-order valence-electron chi connectivity index (χ3n) is 8.50. The number of ether oxygens (including phenoxy) is 1. The molecule has 0 amide bonds. The highest BCUT2D eigenvalue weighted by Crippen LogP contribution is 2.49. The van der Waals surface area contributed by atoms with Crippen LogP contribution in [0.3, 0.4) is 0 Å². The molecule has 7 aromatic carbocycles. The van der Waals surface area contributed by atoms with Gasteiger partial charge < -0.3 is 9.15 Å². The molecule has 9 rings (SSSR count). The standard InChI is InChI=1S/C40H24O2/c1-2-13-28(29-14-3-4-15-30(29)31-18-9-21-38-40(31)33-16-5-6-19-35(33)41-38)27(12-1)26-22-23-36-34(24-26)32-17-7-10-25-11-8-20-37(42-36)39(25)32/h1-24H. The van der Waals surface area contributed by atoms with Crippen LogP contribution in [-0.2, 0) is 0 Å². The van der Waals surface area contributed by atoms with E-state index in [4.69, 9.17) is 9.15 Å². The van der Waals surface area contributed by atoms with Crippen molar-refractivity contribution in [3.8, 4) is 56.0 Å². The number of furan rings is 1. The van der Waals surface area contributed by atoms with Crippen molar-refractivity contribution in [2.75, 3.05) is 0 Å². The number of fused-ring (bicyclic) bond motifs is 5. The molecule has 0 N–H and O–H groups in total. The minimum atomic E-state index is 0.890. The van der Waals surface area contributed by atoms with E-state index >= 15 is 0 Å². The van der Waals surface area contributed by atoms with Gasteiger partial charge in [-0.1, -0.05) is 115 Å². The molecular weight excluding hydrogens is 512 g/mol. The summed E-state index contributed by atoms with van der Waals surface area (Å²) in [6.07, 6.45) is 0. The second kappa shape index (κ2) is 8.95. The van der Waals surface area contributed by atoms with Gasteiger partial charge in [-0.2, -0.15) is 0 Å². The van der Waals surface area contributed by atoms with E-state index in [1.54, 1.807) is 0 Å². The molecular formula is C40H24O2. The molecule has 2 heteroatoms. The summed E-state index contributed by atoms with van der Waals surface area (Å²) in [5, 5.41) is 4.64. The fourth-order valence-electron chi connectivity index (χ4n) is 6.65. The van der Waals surface area contributed by atoms with Gasteiger partial charge in [-0.25, -0.2) is 0 Å². The summed E-state index contributed by atoms with van der Waals surface area (Å²) < 4.78 is 12.6. The minimum absolute atomic E-state index is 0.890. The van der Waals surface area contributed by atoms with Crippen molar-refractivity contribution in [2.45, 2.75) is 0 Å². The highest BCUT2D eigenvalue weighted by Gasteiger charge is 2.22. The number of benzene rings is 7. The molecule has 1 aliphatic rings. The molecule has 0 fully saturated rings. The zero-order chi connectivity index (χ0) is 27.6. The Bertz CT molecular complexity index is 2330. The van der Waals surface area contributed by atoms with Crippen molar-refractivity contribution in [3.05, 3.63) is 146 Å². The molecule has 1 aliphatic heterocycles. The third-order valence-corrected chi connectivity index (χ3v) is 8.50. The summed E-state index contributed by atoms with van der Waals surface area (Å²) >= 11 is 0. The van der Waals surface area contributed by atoms with Crippen molar-refractivity contribution in [1.29, 1.82) is 0 Å². The molecule has 2 heterocycles. The van der Waals surface area contributed by atoms with Gasteiger partial charge >= 0.3 is 0 Å². The first-order valence-electron chi connectivity index (χ1n) is 14.3. The molecule has 0 atom stereocenters. The molecule has 2 nitrogen and oxygen atoms in total. The summed E-state index contributed by atoms with van der Waals surface area (Å²) in [6, 6.07) is 51.4. The van der Waals surface area contributed by atoms with Gasteiger partial charge in [0.2, 0.25) is 0 Å². The lowest BCUT2D eigenvalue weighted by molar-refractivity contribution is 0.487. The maximum atomic E-state index is 6.39. The Labute approximate surface area is 243 Å². The lowest BCUT2D eigenvalue weighted by Gasteiger charge is -2.22. The van der Waals surface area contributed by atoms with E-state index in [1.807, 2.05) is 12.1 Å². The van der Waals surface area contributed by atoms with Crippen LogP contribution in [0.2, 0.25) is 0 Å². The minimum Gasteiger partial charge on any atom is -0.456 e. The number of hydrogen-bond acceptors (Lipinski definition) is 2. The number of rotatable bonds is 3. The van der Waals surface area contributed by atoms with E-state index in [0.717, 1.165) is 44.6 Å². The summed E-state index contributed by atoms with van der Waals surface area (Å²) in [5.41, 5.74) is 11.2. The number of hydrogen-bond donors (Lipinski definition) is 0. The van der Waals surface area contributed by atoms with Gasteiger partial charge in [0.15, 0.2) is 0 Å². The molecule has 0 unspecified atom stereocenters. The molecule has 196 valence electrons. The Morgan fingerprint density at radius 3 is 1.79 bits per heavy atom. The van der Waals surface area contributed by atoms with Crippen LogP contribution in [0, 0.1) is 0 Å². The molecule has 0 radical (unpaired) electrons. The van der Waals surface area contributed by atoms with Crippen molar-refractivity contribution in [1.82, 2.24) is 0 Å². The van der Waals surface area contributed by atoms with Gasteiger partial charge in [0.25, 0.3) is 0 Å². The maximum absolute atomic E-state index is 6.39. The smallest absolute Gasteiger partial charge is 0.136 e. The van der Waals surface area contributed by atoms with Crippen LogP contribution in [0.25, 0.3) is 77.2 Å². The van der Waals surface area contributed by atoms with Crippen LogP contribution in [0.15, 0.2) is 150 Å². The van der Waals surface area contributed by atoms with Crippen LogP contribution in [0.5, 0.6) is 11.5 Å². The first kappa shape index (κ1) is 23.1. The van der Waals surface area contributed by atoms with Crippen LogP contribution in [-0.4, -0.2) is 0 Å². The Morgan fingerprint density at radius 2 is 0.952 bits per heavy atom. The molecule has 0 aliphatic carbocycles. The van der Waals surface area contributed by atoms with Gasteiger partial charge in [-0.15, -0.1) is 0 Å². The van der Waals surface area contributed by atoms with Gasteiger partial charge in [0.1, 0.15) is 22.7 Å². The molecule has 8 aromatic rings. The molecule has 0 saturated heterocycles. The molecule has 1 aromatic heterocycles. The first-order valence-corrected chi connectivity index (χ1v) is 14.3. The topological polar surface area (TPSA) is 22.4 Å². The van der Waals surface area contributed by atoms with Gasteiger partial charge in [-0.05, 0) is 74.7 Å². The largest absolute Gasteiger partial charge is 0.456 e. The molecule has 0 saturated carbocycles. The highest BCUT2D eigenvalue weighted by atomic mass is 16.5. The van der Waals surface area contributed by atoms with Crippen molar-refractivity contribution in [2.24, 2.45) is 0 Å². The second-order valence-electron chi connectivity index (χ2n) is 10.8. The van der Waals surface area contributed by atoms with Crippen LogP contribution >= 0.6 is 0 Å². The Hall–Kier alpha value is -5.60. The van der Waals surface area contributed by atoms with E-state index in [1.165, 1.54) is 44.2 Å². The van der Waals surface area contributed by atoms with Gasteiger partial charge in [0, 0.05) is 21.7 Å². The normalized spacial score (nSPS) is 12.0. The van der Waals surface area contributed by atoms with Gasteiger partial charge in [-0.3, -0.25) is 0 Å². The zero-order valence-corrected chi connectivity index (χ0v) is 22.7. The maximum Gasteiger partial charge on any atom is 0.136 e. The monoisotopic (exact) mass is 536 g/mol. The number of para-hydroxylation sites is 1. The summed E-state index contributed by atoms with van der Waals surface area (Å²) in [6.45, 7) is 0. The fraction of sp³-hybridized carbons (Fsp3) is 0. The molecule has 0 bridgehead atoms. The second-order valence-corrected chi connectivity index (χ2v) is 10.8. The molecule has 42 heavy (non-hydrogen) atoms. The van der Waals surface area contributed by atoms with Crippen LogP contribution < -0.4 is 4.74 Å². The van der Waals surface area contributed by atoms with E-state index < -0.39 is 0 Å².